The zero-order valence-corrected chi connectivity index (χ0v) is 13.5. The SMILES string of the molecule is CC(C)c1nc2cc(O)ccc2c(=O)n1C(C)c1ccccc1. The van der Waals surface area contributed by atoms with Gasteiger partial charge in [-0.2, -0.15) is 0 Å². The van der Waals surface area contributed by atoms with Crippen LogP contribution in [0, 0.1) is 0 Å². The normalized spacial score (nSPS) is 12.7. The fourth-order valence-electron chi connectivity index (χ4n) is 2.87. The number of benzene rings is 2. The second kappa shape index (κ2) is 5.88. The second-order valence-corrected chi connectivity index (χ2v) is 6.09. The van der Waals surface area contributed by atoms with E-state index in [1.54, 1.807) is 16.7 Å². The van der Waals surface area contributed by atoms with Crippen LogP contribution in [0.15, 0.2) is 53.3 Å². The van der Waals surface area contributed by atoms with Crippen molar-refractivity contribution >= 4 is 10.9 Å². The van der Waals surface area contributed by atoms with Gasteiger partial charge in [-0.25, -0.2) is 4.98 Å². The Bertz CT molecular complexity index is 898. The van der Waals surface area contributed by atoms with E-state index >= 15 is 0 Å². The third-order valence-corrected chi connectivity index (χ3v) is 4.10. The smallest absolute Gasteiger partial charge is 0.261 e. The lowest BCUT2D eigenvalue weighted by Gasteiger charge is -2.22. The van der Waals surface area contributed by atoms with Crippen LogP contribution in [-0.4, -0.2) is 14.7 Å². The summed E-state index contributed by atoms with van der Waals surface area (Å²) in [6.45, 7) is 6.05. The van der Waals surface area contributed by atoms with Crippen LogP contribution in [0.25, 0.3) is 10.9 Å². The second-order valence-electron chi connectivity index (χ2n) is 6.09. The number of aromatic nitrogens is 2. The summed E-state index contributed by atoms with van der Waals surface area (Å²) in [5, 5.41) is 10.2. The molecule has 0 bridgehead atoms. The Balaban J connectivity index is 2.30. The van der Waals surface area contributed by atoms with Gasteiger partial charge >= 0.3 is 0 Å². The number of phenolic OH excluding ortho intramolecular Hbond substituents is 1. The number of hydrogen-bond acceptors (Lipinski definition) is 3. The van der Waals surface area contributed by atoms with Crippen molar-refractivity contribution in [2.24, 2.45) is 0 Å². The molecule has 1 unspecified atom stereocenters. The van der Waals surface area contributed by atoms with E-state index in [1.165, 1.54) is 6.07 Å². The lowest BCUT2D eigenvalue weighted by Crippen LogP contribution is -2.29. The molecule has 1 aromatic heterocycles. The van der Waals surface area contributed by atoms with Crippen molar-refractivity contribution in [2.45, 2.75) is 32.7 Å². The molecule has 3 rings (SSSR count). The molecule has 118 valence electrons. The Morgan fingerprint density at radius 2 is 1.74 bits per heavy atom. The minimum atomic E-state index is -0.105. The number of phenols is 1. The van der Waals surface area contributed by atoms with E-state index in [1.807, 2.05) is 51.1 Å². The molecule has 0 saturated heterocycles. The van der Waals surface area contributed by atoms with Crippen LogP contribution in [-0.2, 0) is 0 Å². The molecule has 0 spiro atoms. The van der Waals surface area contributed by atoms with Crippen molar-refractivity contribution in [3.05, 3.63) is 70.3 Å². The minimum Gasteiger partial charge on any atom is -0.508 e. The lowest BCUT2D eigenvalue weighted by atomic mass is 10.1. The zero-order chi connectivity index (χ0) is 16.6. The van der Waals surface area contributed by atoms with E-state index in [-0.39, 0.29) is 23.3 Å². The average Bonchev–Trinajstić information content (AvgIpc) is 2.54. The van der Waals surface area contributed by atoms with E-state index in [4.69, 9.17) is 0 Å². The van der Waals surface area contributed by atoms with Gasteiger partial charge in [0.15, 0.2) is 0 Å². The van der Waals surface area contributed by atoms with Crippen LogP contribution < -0.4 is 5.56 Å². The first-order valence-corrected chi connectivity index (χ1v) is 7.79. The summed E-state index contributed by atoms with van der Waals surface area (Å²) in [5.74, 6) is 0.943. The molecule has 3 aromatic rings. The quantitative estimate of drug-likeness (QED) is 0.800. The van der Waals surface area contributed by atoms with Gasteiger partial charge in [-0.05, 0) is 24.6 Å². The van der Waals surface area contributed by atoms with Crippen molar-refractivity contribution in [1.82, 2.24) is 9.55 Å². The third-order valence-electron chi connectivity index (χ3n) is 4.10. The molecule has 0 fully saturated rings. The summed E-state index contributed by atoms with van der Waals surface area (Å²) >= 11 is 0. The summed E-state index contributed by atoms with van der Waals surface area (Å²) in [6, 6.07) is 14.5. The molecule has 1 atom stereocenters. The highest BCUT2D eigenvalue weighted by Gasteiger charge is 2.19. The molecule has 0 saturated carbocycles. The summed E-state index contributed by atoms with van der Waals surface area (Å²) in [4.78, 5) is 17.7. The van der Waals surface area contributed by atoms with Crippen LogP contribution in [0.5, 0.6) is 5.75 Å². The molecule has 1 heterocycles. The molecule has 2 aromatic carbocycles. The van der Waals surface area contributed by atoms with Crippen LogP contribution in [0.1, 0.15) is 44.1 Å². The Hall–Kier alpha value is -2.62. The van der Waals surface area contributed by atoms with Gasteiger partial charge in [-0.3, -0.25) is 9.36 Å². The number of nitrogens with zero attached hydrogens (tertiary/aromatic N) is 2. The number of hydrogen-bond donors (Lipinski definition) is 1. The topological polar surface area (TPSA) is 55.1 Å². The lowest BCUT2D eigenvalue weighted by molar-refractivity contribution is 0.475. The van der Waals surface area contributed by atoms with Crippen LogP contribution in [0.3, 0.4) is 0 Å². The van der Waals surface area contributed by atoms with Crippen molar-refractivity contribution < 1.29 is 5.11 Å². The first kappa shape index (κ1) is 15.3. The molecular weight excluding hydrogens is 288 g/mol. The number of fused-ring (bicyclic) bond motifs is 1. The maximum absolute atomic E-state index is 13.0. The van der Waals surface area contributed by atoms with Gasteiger partial charge in [0.1, 0.15) is 11.6 Å². The zero-order valence-electron chi connectivity index (χ0n) is 13.5. The number of aromatic hydroxyl groups is 1. The molecule has 23 heavy (non-hydrogen) atoms. The molecule has 0 aliphatic rings. The van der Waals surface area contributed by atoms with Gasteiger partial charge in [-0.15, -0.1) is 0 Å². The highest BCUT2D eigenvalue weighted by molar-refractivity contribution is 5.79. The van der Waals surface area contributed by atoms with E-state index in [0.29, 0.717) is 10.9 Å². The molecule has 0 radical (unpaired) electrons. The highest BCUT2D eigenvalue weighted by Crippen LogP contribution is 2.24. The standard InChI is InChI=1S/C19H20N2O2/c1-12(2)18-20-17-11-15(22)9-10-16(17)19(23)21(18)13(3)14-7-5-4-6-8-14/h4-13,22H,1-3H3. The minimum absolute atomic E-state index is 0.0740. The van der Waals surface area contributed by atoms with Crippen LogP contribution in [0.4, 0.5) is 0 Å². The fraction of sp³-hybridized carbons (Fsp3) is 0.263. The first-order valence-electron chi connectivity index (χ1n) is 7.79. The van der Waals surface area contributed by atoms with E-state index in [0.717, 1.165) is 11.4 Å². The van der Waals surface area contributed by atoms with E-state index < -0.39 is 0 Å². The first-order chi connectivity index (χ1) is 11.0. The third kappa shape index (κ3) is 2.72. The highest BCUT2D eigenvalue weighted by atomic mass is 16.3. The molecule has 0 aliphatic carbocycles. The van der Waals surface area contributed by atoms with Gasteiger partial charge in [0, 0.05) is 12.0 Å². The monoisotopic (exact) mass is 308 g/mol. The Labute approximate surface area is 135 Å². The molecule has 0 aliphatic heterocycles. The Morgan fingerprint density at radius 1 is 1.04 bits per heavy atom. The molecular formula is C19H20N2O2. The summed E-state index contributed by atoms with van der Waals surface area (Å²) in [5.41, 5.74) is 1.53. The van der Waals surface area contributed by atoms with Crippen LogP contribution >= 0.6 is 0 Å². The molecule has 1 N–H and O–H groups in total. The van der Waals surface area contributed by atoms with Gasteiger partial charge in [-0.1, -0.05) is 44.2 Å². The maximum Gasteiger partial charge on any atom is 0.261 e. The van der Waals surface area contributed by atoms with Crippen molar-refractivity contribution in [3.63, 3.8) is 0 Å². The largest absolute Gasteiger partial charge is 0.508 e. The predicted molar refractivity (Wildman–Crippen MR) is 92.0 cm³/mol. The summed E-state index contributed by atoms with van der Waals surface area (Å²) in [6.07, 6.45) is 0. The van der Waals surface area contributed by atoms with Gasteiger partial charge in [0.25, 0.3) is 5.56 Å². The maximum atomic E-state index is 13.0. The molecule has 0 amide bonds. The van der Waals surface area contributed by atoms with Gasteiger partial charge < -0.3 is 5.11 Å². The molecule has 4 heteroatoms. The van der Waals surface area contributed by atoms with E-state index in [2.05, 4.69) is 4.98 Å². The van der Waals surface area contributed by atoms with Gasteiger partial charge in [0.05, 0.1) is 16.9 Å². The predicted octanol–water partition coefficient (Wildman–Crippen LogP) is 3.83. The van der Waals surface area contributed by atoms with Crippen molar-refractivity contribution in [2.75, 3.05) is 0 Å². The van der Waals surface area contributed by atoms with E-state index in [9.17, 15) is 9.90 Å². The Morgan fingerprint density at radius 3 is 2.39 bits per heavy atom. The van der Waals surface area contributed by atoms with Crippen molar-refractivity contribution in [3.8, 4) is 5.75 Å². The Kier molecular flexibility index (Phi) is 3.90. The van der Waals surface area contributed by atoms with Gasteiger partial charge in [0.2, 0.25) is 0 Å². The average molecular weight is 308 g/mol. The van der Waals surface area contributed by atoms with Crippen LogP contribution in [0.2, 0.25) is 0 Å². The fourth-order valence-corrected chi connectivity index (χ4v) is 2.87. The molecule has 4 nitrogen and oxygen atoms in total. The number of rotatable bonds is 3. The summed E-state index contributed by atoms with van der Waals surface area (Å²) < 4.78 is 1.76. The van der Waals surface area contributed by atoms with Crippen molar-refractivity contribution in [1.29, 1.82) is 0 Å². The summed E-state index contributed by atoms with van der Waals surface area (Å²) in [7, 11) is 0.